The monoisotopic (exact) mass is 264 g/mol. The predicted octanol–water partition coefficient (Wildman–Crippen LogP) is 5.38. The molecule has 0 saturated carbocycles. The molecule has 94 valence electrons. The SMILES string of the molecule is Sc1cc(-c2ccccc2)ccc1C1=CCCC=C1. The van der Waals surface area contributed by atoms with Gasteiger partial charge in [0.1, 0.15) is 0 Å². The molecule has 0 N–H and O–H groups in total. The number of hydrogen-bond acceptors (Lipinski definition) is 1. The molecule has 0 bridgehead atoms. The van der Waals surface area contributed by atoms with Gasteiger partial charge in [-0.2, -0.15) is 0 Å². The number of benzene rings is 2. The van der Waals surface area contributed by atoms with Crippen molar-refractivity contribution in [3.63, 3.8) is 0 Å². The van der Waals surface area contributed by atoms with Crippen LogP contribution in [0.15, 0.2) is 71.7 Å². The molecule has 2 aromatic carbocycles. The van der Waals surface area contributed by atoms with Gasteiger partial charge in [0.25, 0.3) is 0 Å². The van der Waals surface area contributed by atoms with Gasteiger partial charge in [-0.1, -0.05) is 60.7 Å². The first-order valence-electron chi connectivity index (χ1n) is 6.60. The zero-order valence-corrected chi connectivity index (χ0v) is 11.6. The summed E-state index contributed by atoms with van der Waals surface area (Å²) in [6, 6.07) is 16.9. The second-order valence-corrected chi connectivity index (χ2v) is 5.22. The summed E-state index contributed by atoms with van der Waals surface area (Å²) < 4.78 is 0. The van der Waals surface area contributed by atoms with Gasteiger partial charge in [0.2, 0.25) is 0 Å². The molecule has 2 aromatic rings. The Bertz CT molecular complexity index is 636. The van der Waals surface area contributed by atoms with E-state index in [1.165, 1.54) is 22.3 Å². The molecule has 0 amide bonds. The average molecular weight is 264 g/mol. The van der Waals surface area contributed by atoms with Gasteiger partial charge in [-0.05, 0) is 41.2 Å². The van der Waals surface area contributed by atoms with Gasteiger partial charge in [-0.15, -0.1) is 12.6 Å². The van der Waals surface area contributed by atoms with E-state index in [2.05, 4.69) is 73.3 Å². The molecule has 0 nitrogen and oxygen atoms in total. The minimum atomic E-state index is 1.04. The van der Waals surface area contributed by atoms with Crippen molar-refractivity contribution in [2.24, 2.45) is 0 Å². The Labute approximate surface area is 119 Å². The van der Waals surface area contributed by atoms with E-state index in [-0.39, 0.29) is 0 Å². The Balaban J connectivity index is 1.99. The summed E-state index contributed by atoms with van der Waals surface area (Å²) in [5.41, 5.74) is 4.96. The Hall–Kier alpha value is -1.73. The van der Waals surface area contributed by atoms with E-state index < -0.39 is 0 Å². The van der Waals surface area contributed by atoms with Gasteiger partial charge in [-0.3, -0.25) is 0 Å². The van der Waals surface area contributed by atoms with Crippen LogP contribution in [-0.2, 0) is 0 Å². The third-order valence-electron chi connectivity index (χ3n) is 3.41. The minimum Gasteiger partial charge on any atom is -0.143 e. The molecule has 0 radical (unpaired) electrons. The summed E-state index contributed by atoms with van der Waals surface area (Å²) in [5, 5.41) is 0. The van der Waals surface area contributed by atoms with Gasteiger partial charge in [0.05, 0.1) is 0 Å². The second kappa shape index (κ2) is 5.50. The lowest BCUT2D eigenvalue weighted by Crippen LogP contribution is -1.89. The van der Waals surface area contributed by atoms with E-state index in [0.29, 0.717) is 0 Å². The lowest BCUT2D eigenvalue weighted by atomic mass is 9.97. The first kappa shape index (κ1) is 12.3. The number of thiol groups is 1. The van der Waals surface area contributed by atoms with Crippen molar-refractivity contribution in [3.05, 3.63) is 72.3 Å². The summed E-state index contributed by atoms with van der Waals surface area (Å²) >= 11 is 4.65. The van der Waals surface area contributed by atoms with Crippen LogP contribution in [-0.4, -0.2) is 0 Å². The molecule has 1 heteroatoms. The smallest absolute Gasteiger partial charge is 0.0125 e. The summed E-state index contributed by atoms with van der Waals surface area (Å²) in [4.78, 5) is 1.04. The maximum atomic E-state index is 4.65. The zero-order valence-electron chi connectivity index (χ0n) is 10.7. The van der Waals surface area contributed by atoms with Crippen LogP contribution in [0.3, 0.4) is 0 Å². The highest BCUT2D eigenvalue weighted by Crippen LogP contribution is 2.30. The third kappa shape index (κ3) is 2.66. The van der Waals surface area contributed by atoms with E-state index in [1.54, 1.807) is 0 Å². The Morgan fingerprint density at radius 2 is 1.68 bits per heavy atom. The van der Waals surface area contributed by atoms with Crippen molar-refractivity contribution in [1.82, 2.24) is 0 Å². The summed E-state index contributed by atoms with van der Waals surface area (Å²) in [5.74, 6) is 0. The van der Waals surface area contributed by atoms with Crippen molar-refractivity contribution < 1.29 is 0 Å². The molecule has 3 rings (SSSR count). The van der Waals surface area contributed by atoms with Crippen molar-refractivity contribution in [2.45, 2.75) is 17.7 Å². The molecule has 19 heavy (non-hydrogen) atoms. The van der Waals surface area contributed by atoms with E-state index in [4.69, 9.17) is 0 Å². The molecular weight excluding hydrogens is 248 g/mol. The van der Waals surface area contributed by atoms with E-state index in [9.17, 15) is 0 Å². The molecule has 1 aliphatic rings. The van der Waals surface area contributed by atoms with Gasteiger partial charge < -0.3 is 0 Å². The van der Waals surface area contributed by atoms with Crippen LogP contribution < -0.4 is 0 Å². The lowest BCUT2D eigenvalue weighted by Gasteiger charge is -2.11. The lowest BCUT2D eigenvalue weighted by molar-refractivity contribution is 1.04. The molecule has 0 unspecified atom stereocenters. The highest BCUT2D eigenvalue weighted by molar-refractivity contribution is 7.80. The molecule has 0 aliphatic heterocycles. The fraction of sp³-hybridized carbons (Fsp3) is 0.111. The highest BCUT2D eigenvalue weighted by Gasteiger charge is 2.07. The molecule has 0 heterocycles. The van der Waals surface area contributed by atoms with Crippen LogP contribution in [0.25, 0.3) is 16.7 Å². The Morgan fingerprint density at radius 3 is 2.37 bits per heavy atom. The molecule has 0 aromatic heterocycles. The van der Waals surface area contributed by atoms with E-state index >= 15 is 0 Å². The third-order valence-corrected chi connectivity index (χ3v) is 3.78. The standard InChI is InChI=1S/C18H16S/c19-18-13-16(14-7-3-1-4-8-14)11-12-17(18)15-9-5-2-6-10-15/h1,3-5,7-13,19H,2,6H2. The fourth-order valence-electron chi connectivity index (χ4n) is 2.40. The maximum Gasteiger partial charge on any atom is 0.0125 e. The zero-order chi connectivity index (χ0) is 13.1. The number of hydrogen-bond donors (Lipinski definition) is 1. The van der Waals surface area contributed by atoms with Gasteiger partial charge in [-0.25, -0.2) is 0 Å². The van der Waals surface area contributed by atoms with Crippen molar-refractivity contribution in [1.29, 1.82) is 0 Å². The van der Waals surface area contributed by atoms with E-state index in [1.807, 2.05) is 6.07 Å². The molecule has 0 saturated heterocycles. The van der Waals surface area contributed by atoms with Crippen LogP contribution >= 0.6 is 12.6 Å². The predicted molar refractivity (Wildman–Crippen MR) is 85.5 cm³/mol. The highest BCUT2D eigenvalue weighted by atomic mass is 32.1. The van der Waals surface area contributed by atoms with E-state index in [0.717, 1.165) is 17.7 Å². The van der Waals surface area contributed by atoms with Crippen LogP contribution in [0, 0.1) is 0 Å². The van der Waals surface area contributed by atoms with Gasteiger partial charge >= 0.3 is 0 Å². The first-order chi connectivity index (χ1) is 9.34. The molecular formula is C18H16S. The normalized spacial score (nSPS) is 14.3. The van der Waals surface area contributed by atoms with Crippen LogP contribution in [0.4, 0.5) is 0 Å². The number of rotatable bonds is 2. The maximum absolute atomic E-state index is 4.65. The van der Waals surface area contributed by atoms with Crippen molar-refractivity contribution >= 4 is 18.2 Å². The second-order valence-electron chi connectivity index (χ2n) is 4.74. The largest absolute Gasteiger partial charge is 0.143 e. The van der Waals surface area contributed by atoms with Crippen LogP contribution in [0.2, 0.25) is 0 Å². The van der Waals surface area contributed by atoms with Gasteiger partial charge in [0, 0.05) is 4.90 Å². The van der Waals surface area contributed by atoms with Crippen molar-refractivity contribution in [2.75, 3.05) is 0 Å². The minimum absolute atomic E-state index is 1.04. The Morgan fingerprint density at radius 1 is 0.842 bits per heavy atom. The topological polar surface area (TPSA) is 0 Å². The van der Waals surface area contributed by atoms with Gasteiger partial charge in [0.15, 0.2) is 0 Å². The molecule has 0 spiro atoms. The Kier molecular flexibility index (Phi) is 3.56. The fourth-order valence-corrected chi connectivity index (χ4v) is 2.74. The quantitative estimate of drug-likeness (QED) is 0.692. The summed E-state index contributed by atoms with van der Waals surface area (Å²) in [6.45, 7) is 0. The molecule has 0 atom stereocenters. The molecule has 1 aliphatic carbocycles. The average Bonchev–Trinajstić information content (AvgIpc) is 2.49. The van der Waals surface area contributed by atoms with Crippen LogP contribution in [0.1, 0.15) is 18.4 Å². The molecule has 0 fully saturated rings. The summed E-state index contributed by atoms with van der Waals surface area (Å²) in [7, 11) is 0. The number of allylic oxidation sites excluding steroid dienone is 4. The first-order valence-corrected chi connectivity index (χ1v) is 7.05. The van der Waals surface area contributed by atoms with Crippen molar-refractivity contribution in [3.8, 4) is 11.1 Å². The summed E-state index contributed by atoms with van der Waals surface area (Å²) in [6.07, 6.45) is 8.98. The van der Waals surface area contributed by atoms with Crippen LogP contribution in [0.5, 0.6) is 0 Å².